The number of aliphatic hydroxyl groups is 2. The number of benzene rings is 3. The first-order chi connectivity index (χ1) is 19.8. The van der Waals surface area contributed by atoms with Crippen molar-refractivity contribution in [3.8, 4) is 0 Å². The number of carbonyl (C=O) groups is 3. The smallest absolute Gasteiger partial charge is 0.264 e. The number of anilines is 2. The molecule has 0 radical (unpaired) electrons. The molecule has 2 N–H and O–H groups in total. The van der Waals surface area contributed by atoms with Gasteiger partial charge in [0.25, 0.3) is 5.91 Å². The lowest BCUT2D eigenvalue weighted by molar-refractivity contribution is -0.139. The largest absolute Gasteiger partial charge is 0.395 e. The van der Waals surface area contributed by atoms with E-state index < -0.39 is 17.4 Å². The van der Waals surface area contributed by atoms with Crippen molar-refractivity contribution in [2.75, 3.05) is 29.5 Å². The van der Waals surface area contributed by atoms with E-state index in [0.29, 0.717) is 43.0 Å². The van der Waals surface area contributed by atoms with E-state index in [1.807, 2.05) is 66.7 Å². The second kappa shape index (κ2) is 12.1. The molecule has 0 aromatic heterocycles. The molecule has 0 unspecified atom stereocenters. The van der Waals surface area contributed by atoms with Crippen molar-refractivity contribution in [3.05, 3.63) is 108 Å². The van der Waals surface area contributed by atoms with Crippen LogP contribution in [0.5, 0.6) is 0 Å². The summed E-state index contributed by atoms with van der Waals surface area (Å²) in [5.41, 5.74) is 1.72. The van der Waals surface area contributed by atoms with Crippen molar-refractivity contribution in [1.29, 1.82) is 0 Å². The molecule has 1 saturated heterocycles. The maximum atomic E-state index is 13.9. The summed E-state index contributed by atoms with van der Waals surface area (Å²) in [6.07, 6.45) is 3.91. The van der Waals surface area contributed by atoms with E-state index in [-0.39, 0.29) is 31.4 Å². The summed E-state index contributed by atoms with van der Waals surface area (Å²) in [6, 6.07) is 24.5. The van der Waals surface area contributed by atoms with Gasteiger partial charge in [0, 0.05) is 49.6 Å². The molecule has 0 spiro atoms. The lowest BCUT2D eigenvalue weighted by Gasteiger charge is -2.32. The molecule has 2 atom stereocenters. The summed E-state index contributed by atoms with van der Waals surface area (Å²) in [5.74, 6) is -1.27. The zero-order valence-corrected chi connectivity index (χ0v) is 23.1. The third-order valence-electron chi connectivity index (χ3n) is 7.91. The maximum Gasteiger partial charge on any atom is 0.264 e. The molecule has 8 heteroatoms. The number of rotatable bonds is 11. The van der Waals surface area contributed by atoms with Crippen LogP contribution in [0, 0.1) is 5.92 Å². The molecule has 1 fully saturated rings. The number of β-lactam (4-membered cyclic amide) rings is 1. The molecule has 3 aromatic carbocycles. The van der Waals surface area contributed by atoms with E-state index in [9.17, 15) is 24.6 Å². The number of fused-ring (bicyclic) bond motifs is 1. The minimum absolute atomic E-state index is 0.00773. The van der Waals surface area contributed by atoms with Crippen molar-refractivity contribution < 1.29 is 24.6 Å². The summed E-state index contributed by atoms with van der Waals surface area (Å²) >= 11 is 0. The summed E-state index contributed by atoms with van der Waals surface area (Å²) < 4.78 is 0. The van der Waals surface area contributed by atoms with Crippen LogP contribution < -0.4 is 9.80 Å². The van der Waals surface area contributed by atoms with E-state index in [0.717, 1.165) is 11.1 Å². The minimum atomic E-state index is -1.87. The van der Waals surface area contributed by atoms with Crippen LogP contribution in [0.15, 0.2) is 91.0 Å². The first-order valence-corrected chi connectivity index (χ1v) is 13.9. The highest BCUT2D eigenvalue weighted by Crippen LogP contribution is 2.47. The van der Waals surface area contributed by atoms with E-state index in [1.165, 1.54) is 0 Å². The fourth-order valence-corrected chi connectivity index (χ4v) is 5.47. The predicted molar refractivity (Wildman–Crippen MR) is 157 cm³/mol. The molecule has 3 amide bonds. The molecule has 2 aliphatic rings. The van der Waals surface area contributed by atoms with Gasteiger partial charge in [-0.2, -0.15) is 0 Å². The van der Waals surface area contributed by atoms with Gasteiger partial charge in [-0.1, -0.05) is 79.7 Å². The number of nitrogens with zero attached hydrogens (tertiary/aromatic N) is 3. The topological polar surface area (TPSA) is 101 Å². The van der Waals surface area contributed by atoms with Gasteiger partial charge in [-0.05, 0) is 29.3 Å². The van der Waals surface area contributed by atoms with Crippen LogP contribution in [0.2, 0.25) is 0 Å². The molecular weight excluding hydrogens is 518 g/mol. The van der Waals surface area contributed by atoms with Crippen LogP contribution in [0.1, 0.15) is 36.5 Å². The predicted octanol–water partition coefficient (Wildman–Crippen LogP) is 3.76. The normalized spacial score (nSPS) is 18.9. The molecule has 3 aromatic rings. The molecule has 5 rings (SSSR count). The second-order valence-electron chi connectivity index (χ2n) is 10.6. The van der Waals surface area contributed by atoms with E-state index in [2.05, 4.69) is 0 Å². The number of carbonyl (C=O) groups excluding carboxylic acids is 3. The van der Waals surface area contributed by atoms with Gasteiger partial charge >= 0.3 is 0 Å². The first kappa shape index (κ1) is 28.3. The first-order valence-electron chi connectivity index (χ1n) is 13.9. The molecule has 2 heterocycles. The molecule has 2 aliphatic heterocycles. The molecule has 212 valence electrons. The fourth-order valence-electron chi connectivity index (χ4n) is 5.47. The van der Waals surface area contributed by atoms with E-state index >= 15 is 0 Å². The van der Waals surface area contributed by atoms with Crippen LogP contribution in [0.4, 0.5) is 11.4 Å². The molecule has 0 bridgehead atoms. The Kier molecular flexibility index (Phi) is 8.33. The highest BCUT2D eigenvalue weighted by atomic mass is 16.3. The average molecular weight is 554 g/mol. The third kappa shape index (κ3) is 5.66. The maximum absolute atomic E-state index is 13.9. The molecule has 8 nitrogen and oxygen atoms in total. The van der Waals surface area contributed by atoms with E-state index in [1.54, 1.807) is 45.9 Å². The second-order valence-corrected chi connectivity index (χ2v) is 10.6. The lowest BCUT2D eigenvalue weighted by Crippen LogP contribution is -2.45. The Morgan fingerprint density at radius 3 is 2.32 bits per heavy atom. The molecule has 0 aliphatic carbocycles. The van der Waals surface area contributed by atoms with Gasteiger partial charge in [-0.3, -0.25) is 14.4 Å². The summed E-state index contributed by atoms with van der Waals surface area (Å²) in [7, 11) is 0. The van der Waals surface area contributed by atoms with Crippen LogP contribution in [-0.2, 0) is 33.1 Å². The van der Waals surface area contributed by atoms with Crippen molar-refractivity contribution in [1.82, 2.24) is 4.90 Å². The zero-order valence-electron chi connectivity index (χ0n) is 23.1. The number of hydrogen-bond donors (Lipinski definition) is 2. The molecule has 41 heavy (non-hydrogen) atoms. The van der Waals surface area contributed by atoms with Crippen LogP contribution in [0.3, 0.4) is 0 Å². The average Bonchev–Trinajstić information content (AvgIpc) is 3.19. The van der Waals surface area contributed by atoms with Gasteiger partial charge in [-0.25, -0.2) is 0 Å². The molecule has 0 saturated carbocycles. The highest BCUT2D eigenvalue weighted by molar-refractivity contribution is 6.08. The van der Waals surface area contributed by atoms with Gasteiger partial charge in [0.2, 0.25) is 11.8 Å². The van der Waals surface area contributed by atoms with Crippen LogP contribution >= 0.6 is 0 Å². The van der Waals surface area contributed by atoms with Crippen LogP contribution in [-0.4, -0.2) is 52.5 Å². The standard InChI is InChI=1S/C33H35N3O5/c1-24(9-8-14-30(38)34(19-20-37)22-25-10-4-2-5-11-25)33(41)28-21-27(35-18-17-31(35)39)15-16-29(28)36(32(33)40)23-26-12-6-3-7-13-26/h2-13,15-16,21,24,37,41H,14,17-20,22-23H2,1H3/b9-8+/t24-,33+/m0/s1. The highest BCUT2D eigenvalue weighted by Gasteiger charge is 2.52. The van der Waals surface area contributed by atoms with Crippen molar-refractivity contribution in [2.24, 2.45) is 5.92 Å². The number of amides is 3. The van der Waals surface area contributed by atoms with E-state index in [4.69, 9.17) is 0 Å². The lowest BCUT2D eigenvalue weighted by atomic mass is 9.82. The third-order valence-corrected chi connectivity index (χ3v) is 7.91. The van der Waals surface area contributed by atoms with Crippen molar-refractivity contribution in [3.63, 3.8) is 0 Å². The van der Waals surface area contributed by atoms with Gasteiger partial charge in [0.1, 0.15) is 0 Å². The monoisotopic (exact) mass is 553 g/mol. The Labute approximate surface area is 240 Å². The Balaban J connectivity index is 1.38. The fraction of sp³-hybridized carbons (Fsp3) is 0.303. The van der Waals surface area contributed by atoms with Crippen molar-refractivity contribution in [2.45, 2.75) is 38.5 Å². The van der Waals surface area contributed by atoms with Crippen molar-refractivity contribution >= 4 is 29.1 Å². The number of hydrogen-bond acceptors (Lipinski definition) is 5. The Hall–Kier alpha value is -4.27. The zero-order chi connectivity index (χ0) is 29.0. The Morgan fingerprint density at radius 1 is 1.02 bits per heavy atom. The van der Waals surface area contributed by atoms with Gasteiger partial charge in [0.15, 0.2) is 5.60 Å². The summed E-state index contributed by atoms with van der Waals surface area (Å²) in [5, 5.41) is 21.6. The van der Waals surface area contributed by atoms with Gasteiger partial charge in [-0.15, -0.1) is 0 Å². The quantitative estimate of drug-likeness (QED) is 0.278. The van der Waals surface area contributed by atoms with Crippen LogP contribution in [0.25, 0.3) is 0 Å². The van der Waals surface area contributed by atoms with Gasteiger partial charge < -0.3 is 24.9 Å². The van der Waals surface area contributed by atoms with Gasteiger partial charge in [0.05, 0.1) is 18.8 Å². The summed E-state index contributed by atoms with van der Waals surface area (Å²) in [6.45, 7) is 3.09. The minimum Gasteiger partial charge on any atom is -0.395 e. The SMILES string of the molecule is C[C@@H](/C=C/CC(=O)N(CCO)Cc1ccccc1)[C@]1(O)C(=O)N(Cc2ccccc2)c2ccc(N3CCC3=O)cc21. The Bertz CT molecular complexity index is 1440. The molecular formula is C33H35N3O5. The summed E-state index contributed by atoms with van der Waals surface area (Å²) in [4.78, 5) is 43.9. The Morgan fingerprint density at radius 2 is 1.71 bits per heavy atom. The number of aliphatic hydroxyl groups excluding tert-OH is 1.